The van der Waals surface area contributed by atoms with Crippen LogP contribution in [-0.4, -0.2) is 29.9 Å². The van der Waals surface area contributed by atoms with Gasteiger partial charge in [-0.1, -0.05) is 24.3 Å². The molecule has 1 unspecified atom stereocenters. The van der Waals surface area contributed by atoms with Crippen LogP contribution in [0.15, 0.2) is 42.5 Å². The van der Waals surface area contributed by atoms with Crippen molar-refractivity contribution in [1.82, 2.24) is 5.32 Å². The maximum Gasteiger partial charge on any atom is 0.416 e. The second kappa shape index (κ2) is 11.9. The van der Waals surface area contributed by atoms with Crippen LogP contribution in [0.4, 0.5) is 32.0 Å². The maximum atomic E-state index is 13.0. The lowest BCUT2D eigenvalue weighted by Crippen LogP contribution is -2.25. The molecule has 0 saturated heterocycles. The monoisotopic (exact) mass is 536 g/mol. The molecule has 12 heteroatoms. The molecule has 0 bridgehead atoms. The number of aryl methyl sites for hydroxylation is 1. The van der Waals surface area contributed by atoms with Crippen molar-refractivity contribution in [3.63, 3.8) is 0 Å². The van der Waals surface area contributed by atoms with Gasteiger partial charge in [0.2, 0.25) is 5.91 Å². The van der Waals surface area contributed by atoms with E-state index in [1.54, 1.807) is 12.1 Å². The lowest BCUT2D eigenvalue weighted by Gasteiger charge is -2.16. The standard InChI is InChI=1S/C24H22F6N2O3.ClH/c25-23(26,27)16-10-17(24(28,29)30)12-18(11-16)32-22(35)7-8-31-21-6-3-15-9-14(2-5-20(15)21)1-4-19(34)13-33;/h1-2,4-5,9-12,21,31,33H,3,6-8,13H2,(H,32,35);1H/b4-1+;. The molecular weight excluding hydrogens is 514 g/mol. The molecule has 0 spiro atoms. The van der Waals surface area contributed by atoms with Crippen LogP contribution in [0.3, 0.4) is 0 Å². The van der Waals surface area contributed by atoms with Crippen molar-refractivity contribution in [2.45, 2.75) is 37.7 Å². The molecule has 196 valence electrons. The first kappa shape index (κ1) is 29.3. The van der Waals surface area contributed by atoms with Crippen molar-refractivity contribution < 1.29 is 41.0 Å². The summed E-state index contributed by atoms with van der Waals surface area (Å²) >= 11 is 0. The molecule has 0 heterocycles. The van der Waals surface area contributed by atoms with Gasteiger partial charge in [0.25, 0.3) is 0 Å². The summed E-state index contributed by atoms with van der Waals surface area (Å²) in [5.74, 6) is -1.14. The number of carbonyl (C=O) groups is 2. The number of amides is 1. The average molecular weight is 537 g/mol. The zero-order valence-corrected chi connectivity index (χ0v) is 19.5. The van der Waals surface area contributed by atoms with Crippen LogP contribution in [-0.2, 0) is 28.4 Å². The molecule has 0 aromatic heterocycles. The number of hydrogen-bond acceptors (Lipinski definition) is 4. The molecular formula is C24H23ClF6N2O3. The molecule has 0 aliphatic heterocycles. The van der Waals surface area contributed by atoms with E-state index in [-0.39, 0.29) is 37.5 Å². The number of aliphatic hydroxyl groups is 1. The van der Waals surface area contributed by atoms with Crippen molar-refractivity contribution in [3.8, 4) is 0 Å². The van der Waals surface area contributed by atoms with E-state index in [0.29, 0.717) is 12.1 Å². The molecule has 3 rings (SSSR count). The average Bonchev–Trinajstić information content (AvgIpc) is 3.18. The fraction of sp³-hybridized carbons (Fsp3) is 0.333. The van der Waals surface area contributed by atoms with Crippen LogP contribution in [0.25, 0.3) is 6.08 Å². The van der Waals surface area contributed by atoms with Crippen molar-refractivity contribution in [3.05, 3.63) is 70.3 Å². The van der Waals surface area contributed by atoms with E-state index in [2.05, 4.69) is 10.6 Å². The Hall–Kier alpha value is -2.89. The molecule has 1 amide bonds. The van der Waals surface area contributed by atoms with Crippen molar-refractivity contribution in [2.75, 3.05) is 18.5 Å². The number of benzene rings is 2. The zero-order chi connectivity index (χ0) is 25.8. The third-order valence-corrected chi connectivity index (χ3v) is 5.48. The van der Waals surface area contributed by atoms with Gasteiger partial charge in [0.1, 0.15) is 6.61 Å². The van der Waals surface area contributed by atoms with Crippen LogP contribution in [0.1, 0.15) is 46.7 Å². The Labute approximate surface area is 209 Å². The second-order valence-electron chi connectivity index (χ2n) is 8.05. The summed E-state index contributed by atoms with van der Waals surface area (Å²) in [5.41, 5.74) is -0.733. The first-order valence-electron chi connectivity index (χ1n) is 10.6. The summed E-state index contributed by atoms with van der Waals surface area (Å²) in [4.78, 5) is 23.4. The van der Waals surface area contributed by atoms with E-state index in [4.69, 9.17) is 5.11 Å². The van der Waals surface area contributed by atoms with Crippen LogP contribution in [0.5, 0.6) is 0 Å². The van der Waals surface area contributed by atoms with Crippen LogP contribution < -0.4 is 10.6 Å². The van der Waals surface area contributed by atoms with Gasteiger partial charge in [0, 0.05) is 24.7 Å². The van der Waals surface area contributed by atoms with Gasteiger partial charge in [-0.25, -0.2) is 0 Å². The zero-order valence-electron chi connectivity index (χ0n) is 18.7. The SMILES string of the molecule is Cl.O=C(/C=C/c1ccc2c(c1)CCC2NCCC(=O)Nc1cc(C(F)(F)F)cc(C(F)(F)F)c1)CO. The minimum Gasteiger partial charge on any atom is -0.388 e. The quantitative estimate of drug-likeness (QED) is 0.315. The lowest BCUT2D eigenvalue weighted by atomic mass is 10.0. The van der Waals surface area contributed by atoms with Crippen molar-refractivity contribution in [2.24, 2.45) is 0 Å². The number of anilines is 1. The minimum absolute atomic E-state index is 0. The van der Waals surface area contributed by atoms with Crippen LogP contribution in [0.2, 0.25) is 0 Å². The molecule has 2 aromatic carbocycles. The third kappa shape index (κ3) is 7.81. The number of aliphatic hydroxyl groups excluding tert-OH is 1. The van der Waals surface area contributed by atoms with Gasteiger partial charge >= 0.3 is 12.4 Å². The Morgan fingerprint density at radius 2 is 1.64 bits per heavy atom. The highest BCUT2D eigenvalue weighted by Crippen LogP contribution is 2.37. The molecule has 0 radical (unpaired) electrons. The molecule has 1 aliphatic rings. The Morgan fingerprint density at radius 3 is 2.22 bits per heavy atom. The molecule has 1 atom stereocenters. The van der Waals surface area contributed by atoms with Gasteiger partial charge < -0.3 is 15.7 Å². The van der Waals surface area contributed by atoms with Gasteiger partial charge in [-0.15, -0.1) is 12.4 Å². The number of alkyl halides is 6. The van der Waals surface area contributed by atoms with E-state index in [0.717, 1.165) is 29.5 Å². The highest BCUT2D eigenvalue weighted by atomic mass is 35.5. The fourth-order valence-electron chi connectivity index (χ4n) is 3.81. The Morgan fingerprint density at radius 1 is 1.00 bits per heavy atom. The van der Waals surface area contributed by atoms with Crippen LogP contribution in [0, 0.1) is 0 Å². The summed E-state index contributed by atoms with van der Waals surface area (Å²) in [6.07, 6.45) is -5.78. The largest absolute Gasteiger partial charge is 0.416 e. The number of ketones is 1. The Bertz CT molecular complexity index is 1100. The van der Waals surface area contributed by atoms with Gasteiger partial charge in [0.15, 0.2) is 5.78 Å². The Kier molecular flexibility index (Phi) is 9.70. The summed E-state index contributed by atoms with van der Waals surface area (Å²) in [5, 5.41) is 14.1. The predicted molar refractivity (Wildman–Crippen MR) is 124 cm³/mol. The van der Waals surface area contributed by atoms with Crippen molar-refractivity contribution >= 4 is 35.9 Å². The summed E-state index contributed by atoms with van der Waals surface area (Å²) in [6.45, 7) is -0.411. The molecule has 36 heavy (non-hydrogen) atoms. The maximum absolute atomic E-state index is 13.0. The van der Waals surface area contributed by atoms with Gasteiger partial charge in [-0.2, -0.15) is 26.3 Å². The van der Waals surface area contributed by atoms with Crippen LogP contribution >= 0.6 is 12.4 Å². The number of hydrogen-bond donors (Lipinski definition) is 3. The third-order valence-electron chi connectivity index (χ3n) is 5.48. The highest BCUT2D eigenvalue weighted by molar-refractivity contribution is 5.94. The van der Waals surface area contributed by atoms with Gasteiger partial charge in [-0.3, -0.25) is 9.59 Å². The van der Waals surface area contributed by atoms with Crippen molar-refractivity contribution in [1.29, 1.82) is 0 Å². The van der Waals surface area contributed by atoms with E-state index in [1.807, 2.05) is 12.1 Å². The molecule has 2 aromatic rings. The lowest BCUT2D eigenvalue weighted by molar-refractivity contribution is -0.143. The van der Waals surface area contributed by atoms with Gasteiger partial charge in [0.05, 0.1) is 11.1 Å². The predicted octanol–water partition coefficient (Wildman–Crippen LogP) is 5.33. The normalized spacial score (nSPS) is 15.5. The van der Waals surface area contributed by atoms with E-state index >= 15 is 0 Å². The molecule has 3 N–H and O–H groups in total. The molecule has 0 saturated carbocycles. The number of fused-ring (bicyclic) bond motifs is 1. The fourth-order valence-corrected chi connectivity index (χ4v) is 3.81. The minimum atomic E-state index is -5.00. The molecule has 1 aliphatic carbocycles. The molecule has 0 fully saturated rings. The number of carbonyl (C=O) groups excluding carboxylic acids is 2. The highest BCUT2D eigenvalue weighted by Gasteiger charge is 2.37. The Balaban J connectivity index is 0.00000456. The number of rotatable bonds is 8. The first-order valence-corrected chi connectivity index (χ1v) is 10.6. The summed E-state index contributed by atoms with van der Waals surface area (Å²) < 4.78 is 77.8. The number of halogens is 7. The molecule has 5 nitrogen and oxygen atoms in total. The van der Waals surface area contributed by atoms with E-state index in [9.17, 15) is 35.9 Å². The van der Waals surface area contributed by atoms with E-state index in [1.165, 1.54) is 6.08 Å². The van der Waals surface area contributed by atoms with Gasteiger partial charge in [-0.05, 0) is 53.8 Å². The second-order valence-corrected chi connectivity index (χ2v) is 8.05. The first-order chi connectivity index (χ1) is 16.4. The smallest absolute Gasteiger partial charge is 0.388 e. The number of nitrogens with one attached hydrogen (secondary N) is 2. The summed E-state index contributed by atoms with van der Waals surface area (Å²) in [7, 11) is 0. The summed E-state index contributed by atoms with van der Waals surface area (Å²) in [6, 6.07) is 6.46. The topological polar surface area (TPSA) is 78.4 Å². The van der Waals surface area contributed by atoms with E-state index < -0.39 is 47.5 Å².